The van der Waals surface area contributed by atoms with Crippen LogP contribution in [0.3, 0.4) is 0 Å². The van der Waals surface area contributed by atoms with Gasteiger partial charge in [-0.3, -0.25) is 4.79 Å². The van der Waals surface area contributed by atoms with Gasteiger partial charge in [-0.25, -0.2) is 13.2 Å². The highest BCUT2D eigenvalue weighted by atomic mass is 32.2. The number of sulfonamides is 1. The SMILES string of the molecule is CCCC[C@H](NC(=O)c1sccc1S(=O)(=O)N1CCCC1)C(=O)O. The van der Waals surface area contributed by atoms with E-state index in [4.69, 9.17) is 0 Å². The summed E-state index contributed by atoms with van der Waals surface area (Å²) in [5.41, 5.74) is 0. The summed E-state index contributed by atoms with van der Waals surface area (Å²) in [6, 6.07) is 0.400. The molecule has 1 aliphatic heterocycles. The van der Waals surface area contributed by atoms with Gasteiger partial charge in [0.2, 0.25) is 10.0 Å². The minimum atomic E-state index is -3.71. The lowest BCUT2D eigenvalue weighted by Gasteiger charge is -2.17. The molecule has 2 rings (SSSR count). The number of rotatable bonds is 8. The summed E-state index contributed by atoms with van der Waals surface area (Å²) >= 11 is 1.01. The van der Waals surface area contributed by atoms with E-state index in [1.807, 2.05) is 6.92 Å². The number of aliphatic carboxylic acids is 1. The van der Waals surface area contributed by atoms with E-state index in [-0.39, 0.29) is 9.77 Å². The first-order valence-corrected chi connectivity index (χ1v) is 10.3. The Morgan fingerprint density at radius 3 is 2.62 bits per heavy atom. The van der Waals surface area contributed by atoms with Gasteiger partial charge in [-0.1, -0.05) is 19.8 Å². The number of carboxylic acid groups (broad SMARTS) is 1. The maximum Gasteiger partial charge on any atom is 0.326 e. The smallest absolute Gasteiger partial charge is 0.326 e. The van der Waals surface area contributed by atoms with E-state index < -0.39 is 27.9 Å². The molecule has 1 amide bonds. The molecule has 1 aliphatic rings. The Morgan fingerprint density at radius 1 is 1.38 bits per heavy atom. The van der Waals surface area contributed by atoms with E-state index in [9.17, 15) is 23.1 Å². The zero-order valence-corrected chi connectivity index (χ0v) is 15.2. The topological polar surface area (TPSA) is 104 Å². The average Bonchev–Trinajstić information content (AvgIpc) is 3.22. The number of carboxylic acids is 1. The molecule has 134 valence electrons. The molecule has 0 spiro atoms. The van der Waals surface area contributed by atoms with Gasteiger partial charge in [0.15, 0.2) is 0 Å². The Hall–Kier alpha value is -1.45. The summed E-state index contributed by atoms with van der Waals surface area (Å²) in [4.78, 5) is 23.7. The first kappa shape index (κ1) is 18.9. The largest absolute Gasteiger partial charge is 0.480 e. The third kappa shape index (κ3) is 4.14. The van der Waals surface area contributed by atoms with Gasteiger partial charge in [0, 0.05) is 13.1 Å². The molecule has 0 saturated carbocycles. The Balaban J connectivity index is 2.19. The maximum absolute atomic E-state index is 12.6. The normalized spacial score (nSPS) is 16.9. The Kier molecular flexibility index (Phi) is 6.36. The van der Waals surface area contributed by atoms with Crippen molar-refractivity contribution >= 4 is 33.2 Å². The van der Waals surface area contributed by atoms with E-state index in [2.05, 4.69) is 5.32 Å². The molecular weight excluding hydrogens is 352 g/mol. The summed E-state index contributed by atoms with van der Waals surface area (Å²) in [6.07, 6.45) is 3.41. The lowest BCUT2D eigenvalue weighted by molar-refractivity contribution is -0.139. The molecule has 0 aromatic carbocycles. The second kappa shape index (κ2) is 8.09. The van der Waals surface area contributed by atoms with E-state index >= 15 is 0 Å². The van der Waals surface area contributed by atoms with E-state index in [0.29, 0.717) is 25.9 Å². The van der Waals surface area contributed by atoms with Crippen LogP contribution < -0.4 is 5.32 Å². The molecule has 2 N–H and O–H groups in total. The first-order valence-electron chi connectivity index (χ1n) is 7.99. The lowest BCUT2D eigenvalue weighted by atomic mass is 10.1. The number of thiophene rings is 1. The number of hydrogen-bond acceptors (Lipinski definition) is 5. The van der Waals surface area contributed by atoms with Crippen molar-refractivity contribution in [2.24, 2.45) is 0 Å². The van der Waals surface area contributed by atoms with Gasteiger partial charge < -0.3 is 10.4 Å². The van der Waals surface area contributed by atoms with Gasteiger partial charge in [0.25, 0.3) is 5.91 Å². The van der Waals surface area contributed by atoms with Crippen molar-refractivity contribution in [3.8, 4) is 0 Å². The van der Waals surface area contributed by atoms with Crippen LogP contribution in [-0.4, -0.2) is 48.8 Å². The fraction of sp³-hybridized carbons (Fsp3) is 0.600. The van der Waals surface area contributed by atoms with Crippen LogP contribution in [0.4, 0.5) is 0 Å². The van der Waals surface area contributed by atoms with Crippen molar-refractivity contribution in [3.63, 3.8) is 0 Å². The van der Waals surface area contributed by atoms with Gasteiger partial charge in [-0.2, -0.15) is 4.31 Å². The van der Waals surface area contributed by atoms with Crippen molar-refractivity contribution in [2.45, 2.75) is 50.0 Å². The molecule has 1 aromatic heterocycles. The number of unbranched alkanes of at least 4 members (excludes halogenated alkanes) is 1. The Labute approximate surface area is 145 Å². The second-order valence-electron chi connectivity index (χ2n) is 5.73. The standard InChI is InChI=1S/C15H22N2O5S2/c1-2-3-6-11(15(19)20)16-14(18)13-12(7-10-23-13)24(21,22)17-8-4-5-9-17/h7,10-11H,2-6,8-9H2,1H3,(H,16,18)(H,19,20)/t11-/m0/s1. The summed E-state index contributed by atoms with van der Waals surface area (Å²) < 4.78 is 26.7. The third-order valence-corrected chi connectivity index (χ3v) is 6.95. The molecule has 0 bridgehead atoms. The lowest BCUT2D eigenvalue weighted by Crippen LogP contribution is -2.41. The fourth-order valence-electron chi connectivity index (χ4n) is 2.62. The maximum atomic E-state index is 12.6. The summed E-state index contributed by atoms with van der Waals surface area (Å²) in [6.45, 7) is 2.84. The zero-order chi connectivity index (χ0) is 17.7. The van der Waals surface area contributed by atoms with Gasteiger partial charge >= 0.3 is 5.97 Å². The molecule has 7 nitrogen and oxygen atoms in total. The van der Waals surface area contributed by atoms with Crippen molar-refractivity contribution in [1.82, 2.24) is 9.62 Å². The molecule has 1 fully saturated rings. The Morgan fingerprint density at radius 2 is 2.04 bits per heavy atom. The highest BCUT2D eigenvalue weighted by Gasteiger charge is 2.32. The Bertz CT molecular complexity index is 692. The molecule has 0 unspecified atom stereocenters. The van der Waals surface area contributed by atoms with E-state index in [1.54, 1.807) is 5.38 Å². The van der Waals surface area contributed by atoms with Crippen LogP contribution in [0, 0.1) is 0 Å². The van der Waals surface area contributed by atoms with Crippen LogP contribution in [0.15, 0.2) is 16.3 Å². The predicted octanol–water partition coefficient (Wildman–Crippen LogP) is 1.91. The highest BCUT2D eigenvalue weighted by molar-refractivity contribution is 7.89. The molecular formula is C15H22N2O5S2. The quantitative estimate of drug-likeness (QED) is 0.723. The minimum Gasteiger partial charge on any atom is -0.480 e. The number of carbonyl (C=O) groups is 2. The van der Waals surface area contributed by atoms with Gasteiger partial charge in [-0.05, 0) is 30.7 Å². The molecule has 0 aliphatic carbocycles. The van der Waals surface area contributed by atoms with E-state index in [0.717, 1.165) is 30.6 Å². The zero-order valence-electron chi connectivity index (χ0n) is 13.5. The van der Waals surface area contributed by atoms with E-state index in [1.165, 1.54) is 10.4 Å². The van der Waals surface area contributed by atoms with Crippen molar-refractivity contribution < 1.29 is 23.1 Å². The number of nitrogens with one attached hydrogen (secondary N) is 1. The number of nitrogens with zero attached hydrogens (tertiary/aromatic N) is 1. The van der Waals surface area contributed by atoms with Crippen molar-refractivity contribution in [3.05, 3.63) is 16.3 Å². The number of carbonyl (C=O) groups excluding carboxylic acids is 1. The van der Waals surface area contributed by atoms with Gasteiger partial charge in [0.05, 0.1) is 0 Å². The highest BCUT2D eigenvalue weighted by Crippen LogP contribution is 2.27. The third-order valence-electron chi connectivity index (χ3n) is 3.97. The number of amides is 1. The first-order chi connectivity index (χ1) is 11.4. The molecule has 2 heterocycles. The average molecular weight is 374 g/mol. The molecule has 1 atom stereocenters. The molecule has 1 saturated heterocycles. The minimum absolute atomic E-state index is 0.0356. The van der Waals surface area contributed by atoms with Crippen LogP contribution in [0.25, 0.3) is 0 Å². The van der Waals surface area contributed by atoms with Crippen LogP contribution in [0.1, 0.15) is 48.7 Å². The van der Waals surface area contributed by atoms with Crippen molar-refractivity contribution in [1.29, 1.82) is 0 Å². The second-order valence-corrected chi connectivity index (χ2v) is 8.55. The van der Waals surface area contributed by atoms with Crippen LogP contribution in [0.2, 0.25) is 0 Å². The molecule has 9 heteroatoms. The fourth-order valence-corrected chi connectivity index (χ4v) is 5.44. The van der Waals surface area contributed by atoms with Crippen molar-refractivity contribution in [2.75, 3.05) is 13.1 Å². The summed E-state index contributed by atoms with van der Waals surface area (Å²) in [5.74, 6) is -1.76. The van der Waals surface area contributed by atoms with Crippen LogP contribution in [-0.2, 0) is 14.8 Å². The summed E-state index contributed by atoms with van der Waals surface area (Å²) in [5, 5.41) is 13.2. The van der Waals surface area contributed by atoms with Gasteiger partial charge in [0.1, 0.15) is 15.8 Å². The van der Waals surface area contributed by atoms with Crippen LogP contribution in [0.5, 0.6) is 0 Å². The van der Waals surface area contributed by atoms with Gasteiger partial charge in [-0.15, -0.1) is 11.3 Å². The molecule has 24 heavy (non-hydrogen) atoms. The van der Waals surface area contributed by atoms with Crippen LogP contribution >= 0.6 is 11.3 Å². The molecule has 0 radical (unpaired) electrons. The number of hydrogen-bond donors (Lipinski definition) is 2. The molecule has 1 aromatic rings. The summed E-state index contributed by atoms with van der Waals surface area (Å²) in [7, 11) is -3.71. The monoisotopic (exact) mass is 374 g/mol. The predicted molar refractivity (Wildman–Crippen MR) is 90.7 cm³/mol.